The Labute approximate surface area is 164 Å². The minimum Gasteiger partial charge on any atom is -0.493 e. The lowest BCUT2D eigenvalue weighted by Crippen LogP contribution is -2.50. The van der Waals surface area contributed by atoms with Gasteiger partial charge in [0.1, 0.15) is 5.54 Å². The van der Waals surface area contributed by atoms with Gasteiger partial charge in [-0.1, -0.05) is 48.5 Å². The summed E-state index contributed by atoms with van der Waals surface area (Å²) in [5, 5.41) is 0. The minimum atomic E-state index is -0.651. The van der Waals surface area contributed by atoms with E-state index in [1.807, 2.05) is 47.4 Å². The number of amides is 1. The average molecular weight is 371 g/mol. The van der Waals surface area contributed by atoms with Crippen molar-refractivity contribution in [3.8, 4) is 11.5 Å². The minimum absolute atomic E-state index is 0.0832. The number of carbonyl (C=O) groups excluding carboxylic acids is 1. The SMILES string of the molecule is COc1cc2c(cc1OC)[C@]1(c3ccccc3)c3ccccc3C(=O)N1CC2. The molecule has 4 nitrogen and oxygen atoms in total. The van der Waals surface area contributed by atoms with Crippen molar-refractivity contribution in [2.75, 3.05) is 20.8 Å². The van der Waals surface area contributed by atoms with E-state index in [1.165, 1.54) is 5.56 Å². The maximum atomic E-state index is 13.4. The molecule has 0 aromatic heterocycles. The van der Waals surface area contributed by atoms with E-state index < -0.39 is 5.54 Å². The second-order valence-electron chi connectivity index (χ2n) is 7.19. The molecule has 0 bridgehead atoms. The highest BCUT2D eigenvalue weighted by Gasteiger charge is 2.54. The van der Waals surface area contributed by atoms with E-state index in [0.717, 1.165) is 34.4 Å². The van der Waals surface area contributed by atoms with Crippen LogP contribution in [0.2, 0.25) is 0 Å². The summed E-state index contributed by atoms with van der Waals surface area (Å²) in [4.78, 5) is 15.4. The highest BCUT2D eigenvalue weighted by Crippen LogP contribution is 2.53. The number of hydrogen-bond acceptors (Lipinski definition) is 3. The summed E-state index contributed by atoms with van der Waals surface area (Å²) in [6, 6.07) is 22.3. The summed E-state index contributed by atoms with van der Waals surface area (Å²) in [6.45, 7) is 0.658. The van der Waals surface area contributed by atoms with E-state index in [-0.39, 0.29) is 5.91 Å². The van der Waals surface area contributed by atoms with Crippen LogP contribution in [0.1, 0.15) is 32.6 Å². The van der Waals surface area contributed by atoms with Crippen LogP contribution in [0.3, 0.4) is 0 Å². The molecule has 3 aromatic carbocycles. The molecule has 2 heterocycles. The van der Waals surface area contributed by atoms with Crippen LogP contribution < -0.4 is 9.47 Å². The number of hydrogen-bond donors (Lipinski definition) is 0. The van der Waals surface area contributed by atoms with Crippen LogP contribution in [0.5, 0.6) is 11.5 Å². The van der Waals surface area contributed by atoms with Gasteiger partial charge in [0.2, 0.25) is 0 Å². The van der Waals surface area contributed by atoms with Gasteiger partial charge in [0, 0.05) is 12.1 Å². The average Bonchev–Trinajstić information content (AvgIpc) is 3.03. The number of benzene rings is 3. The Hall–Kier alpha value is -3.27. The van der Waals surface area contributed by atoms with Crippen LogP contribution in [-0.4, -0.2) is 31.6 Å². The first-order valence-corrected chi connectivity index (χ1v) is 9.44. The molecule has 0 spiro atoms. The van der Waals surface area contributed by atoms with Gasteiger partial charge in [0.25, 0.3) is 5.91 Å². The maximum absolute atomic E-state index is 13.4. The molecule has 1 atom stereocenters. The first-order chi connectivity index (χ1) is 13.7. The topological polar surface area (TPSA) is 38.8 Å². The molecule has 0 aliphatic carbocycles. The molecule has 5 rings (SSSR count). The normalized spacial score (nSPS) is 19.6. The van der Waals surface area contributed by atoms with Crippen molar-refractivity contribution >= 4 is 5.91 Å². The van der Waals surface area contributed by atoms with E-state index in [1.54, 1.807) is 14.2 Å². The molecule has 2 aliphatic rings. The van der Waals surface area contributed by atoms with E-state index in [9.17, 15) is 4.79 Å². The second kappa shape index (κ2) is 6.13. The van der Waals surface area contributed by atoms with Crippen molar-refractivity contribution in [1.82, 2.24) is 4.90 Å². The molecule has 4 heteroatoms. The second-order valence-corrected chi connectivity index (χ2v) is 7.19. The van der Waals surface area contributed by atoms with E-state index in [2.05, 4.69) is 24.3 Å². The van der Waals surface area contributed by atoms with Gasteiger partial charge in [-0.05, 0) is 46.9 Å². The Kier molecular flexibility index (Phi) is 3.69. The third kappa shape index (κ3) is 2.03. The molecule has 2 aliphatic heterocycles. The quantitative estimate of drug-likeness (QED) is 0.698. The lowest BCUT2D eigenvalue weighted by Gasteiger charge is -2.45. The monoisotopic (exact) mass is 371 g/mol. The van der Waals surface area contributed by atoms with Gasteiger partial charge in [-0.15, -0.1) is 0 Å². The fourth-order valence-corrected chi connectivity index (χ4v) is 4.83. The molecular formula is C24H21NO3. The molecule has 3 aromatic rings. The zero-order valence-electron chi connectivity index (χ0n) is 15.9. The van der Waals surface area contributed by atoms with Crippen molar-refractivity contribution in [2.45, 2.75) is 12.0 Å². The lowest BCUT2D eigenvalue weighted by molar-refractivity contribution is 0.0659. The number of ether oxygens (including phenoxy) is 2. The predicted molar refractivity (Wildman–Crippen MR) is 107 cm³/mol. The van der Waals surface area contributed by atoms with Crippen LogP contribution in [0.15, 0.2) is 66.7 Å². The third-order valence-corrected chi connectivity index (χ3v) is 5.99. The van der Waals surface area contributed by atoms with Crippen molar-refractivity contribution in [2.24, 2.45) is 0 Å². The van der Waals surface area contributed by atoms with Crippen molar-refractivity contribution < 1.29 is 14.3 Å². The summed E-state index contributed by atoms with van der Waals surface area (Å²) in [5.74, 6) is 1.48. The van der Waals surface area contributed by atoms with Crippen LogP contribution in [-0.2, 0) is 12.0 Å². The fourth-order valence-electron chi connectivity index (χ4n) is 4.83. The smallest absolute Gasteiger partial charge is 0.255 e. The van der Waals surface area contributed by atoms with Gasteiger partial charge in [0.15, 0.2) is 11.5 Å². The van der Waals surface area contributed by atoms with Crippen molar-refractivity contribution in [3.05, 3.63) is 94.5 Å². The third-order valence-electron chi connectivity index (χ3n) is 5.99. The molecule has 1 amide bonds. The number of rotatable bonds is 3. The highest BCUT2D eigenvalue weighted by molar-refractivity contribution is 6.02. The number of nitrogens with zero attached hydrogens (tertiary/aromatic N) is 1. The molecule has 0 unspecified atom stereocenters. The lowest BCUT2D eigenvalue weighted by atomic mass is 9.72. The Morgan fingerprint density at radius 2 is 1.54 bits per heavy atom. The Morgan fingerprint density at radius 3 is 2.29 bits per heavy atom. The molecule has 0 saturated heterocycles. The van der Waals surface area contributed by atoms with Crippen LogP contribution in [0, 0.1) is 0 Å². The van der Waals surface area contributed by atoms with Gasteiger partial charge >= 0.3 is 0 Å². The molecule has 28 heavy (non-hydrogen) atoms. The first kappa shape index (κ1) is 16.9. The van der Waals surface area contributed by atoms with Crippen molar-refractivity contribution in [3.63, 3.8) is 0 Å². The predicted octanol–water partition coefficient (Wildman–Crippen LogP) is 4.01. The molecule has 0 N–H and O–H groups in total. The summed E-state index contributed by atoms with van der Waals surface area (Å²) in [5.41, 5.74) is 4.50. The van der Waals surface area contributed by atoms with E-state index in [0.29, 0.717) is 12.3 Å². The molecular weight excluding hydrogens is 350 g/mol. The molecule has 0 fully saturated rings. The molecule has 0 radical (unpaired) electrons. The van der Waals surface area contributed by atoms with Crippen LogP contribution in [0.4, 0.5) is 0 Å². The Bertz CT molecular complexity index is 1080. The number of methoxy groups -OCH3 is 2. The zero-order chi connectivity index (χ0) is 19.3. The standard InChI is InChI=1S/C24H21NO3/c1-27-21-14-16-12-13-25-23(26)18-10-6-7-11-19(18)24(25,17-8-4-3-5-9-17)20(16)15-22(21)28-2/h3-11,14-15H,12-13H2,1-2H3/t24-/m0/s1. The van der Waals surface area contributed by atoms with Crippen LogP contribution in [0.25, 0.3) is 0 Å². The largest absolute Gasteiger partial charge is 0.493 e. The fraction of sp³-hybridized carbons (Fsp3) is 0.208. The zero-order valence-corrected chi connectivity index (χ0v) is 15.9. The first-order valence-electron chi connectivity index (χ1n) is 9.44. The number of fused-ring (bicyclic) bond motifs is 5. The summed E-state index contributed by atoms with van der Waals surface area (Å²) >= 11 is 0. The summed E-state index contributed by atoms with van der Waals surface area (Å²) in [7, 11) is 3.30. The van der Waals surface area contributed by atoms with Gasteiger partial charge in [-0.2, -0.15) is 0 Å². The van der Waals surface area contributed by atoms with Gasteiger partial charge in [-0.3, -0.25) is 4.79 Å². The summed E-state index contributed by atoms with van der Waals surface area (Å²) < 4.78 is 11.2. The maximum Gasteiger partial charge on any atom is 0.255 e. The Morgan fingerprint density at radius 1 is 0.857 bits per heavy atom. The van der Waals surface area contributed by atoms with E-state index >= 15 is 0 Å². The van der Waals surface area contributed by atoms with Gasteiger partial charge < -0.3 is 14.4 Å². The Balaban J connectivity index is 1.91. The van der Waals surface area contributed by atoms with Crippen molar-refractivity contribution in [1.29, 1.82) is 0 Å². The highest BCUT2D eigenvalue weighted by atomic mass is 16.5. The number of carbonyl (C=O) groups is 1. The van der Waals surface area contributed by atoms with Gasteiger partial charge in [-0.25, -0.2) is 0 Å². The van der Waals surface area contributed by atoms with Crippen LogP contribution >= 0.6 is 0 Å². The van der Waals surface area contributed by atoms with E-state index in [4.69, 9.17) is 9.47 Å². The summed E-state index contributed by atoms with van der Waals surface area (Å²) in [6.07, 6.45) is 0.782. The molecule has 0 saturated carbocycles. The van der Waals surface area contributed by atoms with Gasteiger partial charge in [0.05, 0.1) is 14.2 Å². The molecule has 140 valence electrons.